The molecule has 7 nitrogen and oxygen atoms in total. The number of rotatable bonds is 5. The van der Waals surface area contributed by atoms with Crippen molar-refractivity contribution in [2.45, 2.75) is 26.4 Å². The van der Waals surface area contributed by atoms with E-state index in [1.54, 1.807) is 33.9 Å². The van der Waals surface area contributed by atoms with Gasteiger partial charge in [0.25, 0.3) is 5.91 Å². The van der Waals surface area contributed by atoms with Gasteiger partial charge < -0.3 is 5.32 Å². The molecule has 0 radical (unpaired) electrons. The van der Waals surface area contributed by atoms with Crippen LogP contribution in [-0.4, -0.2) is 30.5 Å². The van der Waals surface area contributed by atoms with Crippen LogP contribution in [0, 0.1) is 0 Å². The first kappa shape index (κ1) is 16.2. The Morgan fingerprint density at radius 1 is 1.38 bits per heavy atom. The van der Waals surface area contributed by atoms with Crippen molar-refractivity contribution in [3.63, 3.8) is 0 Å². The summed E-state index contributed by atoms with van der Waals surface area (Å²) in [6.07, 6.45) is 4.96. The molecular weight excluding hydrogens is 328 g/mol. The van der Waals surface area contributed by atoms with E-state index in [-0.39, 0.29) is 11.9 Å². The minimum Gasteiger partial charge on any atom is -0.342 e. The molecule has 0 spiro atoms. The van der Waals surface area contributed by atoms with Crippen molar-refractivity contribution in [3.05, 3.63) is 59.4 Å². The Bertz CT molecular complexity index is 842. The van der Waals surface area contributed by atoms with E-state index in [1.165, 1.54) is 6.33 Å². The summed E-state index contributed by atoms with van der Waals surface area (Å²) in [5, 5.41) is 11.6. The fourth-order valence-corrected chi connectivity index (χ4v) is 2.65. The molecule has 0 fully saturated rings. The van der Waals surface area contributed by atoms with E-state index in [0.29, 0.717) is 23.0 Å². The zero-order valence-corrected chi connectivity index (χ0v) is 14.1. The molecule has 2 heterocycles. The van der Waals surface area contributed by atoms with Crippen LogP contribution in [0.2, 0.25) is 5.02 Å². The van der Waals surface area contributed by atoms with Crippen LogP contribution in [0.5, 0.6) is 0 Å². The first-order valence-corrected chi connectivity index (χ1v) is 7.96. The molecule has 0 aliphatic heterocycles. The molecule has 3 rings (SSSR count). The summed E-state index contributed by atoms with van der Waals surface area (Å²) in [5.74, 6) is 0.428. The first-order chi connectivity index (χ1) is 11.6. The van der Waals surface area contributed by atoms with Crippen molar-refractivity contribution in [3.8, 4) is 5.69 Å². The normalized spacial score (nSPS) is 12.1. The highest BCUT2D eigenvalue weighted by Gasteiger charge is 2.18. The first-order valence-electron chi connectivity index (χ1n) is 7.58. The Balaban J connectivity index is 1.83. The highest BCUT2D eigenvalue weighted by atomic mass is 35.5. The number of hydrogen-bond donors (Lipinski definition) is 1. The van der Waals surface area contributed by atoms with E-state index in [9.17, 15) is 4.79 Å². The number of halogens is 1. The fraction of sp³-hybridized carbons (Fsp3) is 0.250. The summed E-state index contributed by atoms with van der Waals surface area (Å²) < 4.78 is 3.41. The van der Waals surface area contributed by atoms with E-state index in [4.69, 9.17) is 11.6 Å². The molecule has 0 saturated heterocycles. The van der Waals surface area contributed by atoms with Crippen LogP contribution in [0.3, 0.4) is 0 Å². The molecule has 0 bridgehead atoms. The number of carbonyl (C=O) groups excluding carboxylic acids is 1. The number of aromatic nitrogens is 5. The van der Waals surface area contributed by atoms with Gasteiger partial charge in [-0.1, -0.05) is 11.6 Å². The number of carbonyl (C=O) groups is 1. The predicted molar refractivity (Wildman–Crippen MR) is 90.2 cm³/mol. The third-order valence-corrected chi connectivity index (χ3v) is 3.97. The van der Waals surface area contributed by atoms with Gasteiger partial charge in [-0.3, -0.25) is 4.79 Å². The quantitative estimate of drug-likeness (QED) is 0.771. The van der Waals surface area contributed by atoms with Gasteiger partial charge in [-0.2, -0.15) is 10.2 Å². The highest BCUT2D eigenvalue weighted by Crippen LogP contribution is 2.21. The van der Waals surface area contributed by atoms with Crippen molar-refractivity contribution in [2.24, 2.45) is 0 Å². The summed E-state index contributed by atoms with van der Waals surface area (Å²) in [6.45, 7) is 4.52. The topological polar surface area (TPSA) is 77.6 Å². The Morgan fingerprint density at radius 3 is 2.92 bits per heavy atom. The summed E-state index contributed by atoms with van der Waals surface area (Å²) in [5.41, 5.74) is 1.15. The van der Waals surface area contributed by atoms with Gasteiger partial charge in [0, 0.05) is 18.9 Å². The van der Waals surface area contributed by atoms with Gasteiger partial charge in [0.2, 0.25) is 0 Å². The third kappa shape index (κ3) is 3.16. The molecule has 124 valence electrons. The van der Waals surface area contributed by atoms with Crippen molar-refractivity contribution in [1.29, 1.82) is 0 Å². The molecule has 1 amide bonds. The van der Waals surface area contributed by atoms with Crippen molar-refractivity contribution in [2.75, 3.05) is 0 Å². The summed E-state index contributed by atoms with van der Waals surface area (Å²) in [4.78, 5) is 16.8. The lowest BCUT2D eigenvalue weighted by atomic mass is 10.1. The van der Waals surface area contributed by atoms with E-state index in [1.807, 2.05) is 26.0 Å². The minimum atomic E-state index is -0.288. The average Bonchev–Trinajstić information content (AvgIpc) is 3.26. The van der Waals surface area contributed by atoms with Gasteiger partial charge in [0.15, 0.2) is 0 Å². The molecule has 0 aliphatic rings. The lowest BCUT2D eigenvalue weighted by Gasteiger charge is -2.15. The molecule has 0 unspecified atom stereocenters. The molecule has 3 aromatic rings. The SMILES string of the molecule is CCn1ncnc1[C@H](C)NC(=O)c1cc(-n2cccn2)ccc1Cl. The number of amides is 1. The van der Waals surface area contributed by atoms with Crippen LogP contribution in [-0.2, 0) is 6.54 Å². The fourth-order valence-electron chi connectivity index (χ4n) is 2.44. The Morgan fingerprint density at radius 2 is 2.21 bits per heavy atom. The lowest BCUT2D eigenvalue weighted by Crippen LogP contribution is -2.29. The van der Waals surface area contributed by atoms with E-state index < -0.39 is 0 Å². The average molecular weight is 345 g/mol. The van der Waals surface area contributed by atoms with E-state index in [2.05, 4.69) is 20.5 Å². The van der Waals surface area contributed by atoms with Crippen LogP contribution in [0.1, 0.15) is 36.1 Å². The van der Waals surface area contributed by atoms with Crippen molar-refractivity contribution in [1.82, 2.24) is 29.9 Å². The lowest BCUT2D eigenvalue weighted by molar-refractivity contribution is 0.0937. The van der Waals surface area contributed by atoms with Crippen LogP contribution in [0.25, 0.3) is 5.69 Å². The number of hydrogen-bond acceptors (Lipinski definition) is 4. The molecule has 2 aromatic heterocycles. The Hall–Kier alpha value is -2.67. The second kappa shape index (κ2) is 6.84. The van der Waals surface area contributed by atoms with Crippen LogP contribution < -0.4 is 5.32 Å². The molecule has 24 heavy (non-hydrogen) atoms. The number of benzene rings is 1. The summed E-state index contributed by atoms with van der Waals surface area (Å²) in [6, 6.07) is 6.73. The molecule has 0 saturated carbocycles. The Kier molecular flexibility index (Phi) is 4.61. The zero-order valence-electron chi connectivity index (χ0n) is 13.3. The molecule has 1 atom stereocenters. The number of aryl methyl sites for hydroxylation is 1. The molecular formula is C16H17ClN6O. The van der Waals surface area contributed by atoms with Crippen molar-refractivity contribution >= 4 is 17.5 Å². The number of nitrogens with one attached hydrogen (secondary N) is 1. The van der Waals surface area contributed by atoms with Gasteiger partial charge >= 0.3 is 0 Å². The Labute approximate surface area is 144 Å². The van der Waals surface area contributed by atoms with Crippen LogP contribution in [0.15, 0.2) is 43.0 Å². The number of nitrogens with zero attached hydrogens (tertiary/aromatic N) is 5. The maximum atomic E-state index is 12.6. The van der Waals surface area contributed by atoms with Crippen LogP contribution in [0.4, 0.5) is 0 Å². The summed E-state index contributed by atoms with van der Waals surface area (Å²) in [7, 11) is 0. The smallest absolute Gasteiger partial charge is 0.253 e. The predicted octanol–water partition coefficient (Wildman–Crippen LogP) is 2.63. The summed E-state index contributed by atoms with van der Waals surface area (Å²) >= 11 is 6.20. The molecule has 0 aliphatic carbocycles. The molecule has 1 N–H and O–H groups in total. The molecule has 8 heteroatoms. The maximum absolute atomic E-state index is 12.6. The van der Waals surface area contributed by atoms with E-state index >= 15 is 0 Å². The maximum Gasteiger partial charge on any atom is 0.253 e. The van der Waals surface area contributed by atoms with Crippen LogP contribution >= 0.6 is 11.6 Å². The molecule has 1 aromatic carbocycles. The van der Waals surface area contributed by atoms with Gasteiger partial charge in [-0.05, 0) is 38.1 Å². The largest absolute Gasteiger partial charge is 0.342 e. The van der Waals surface area contributed by atoms with Gasteiger partial charge in [0.05, 0.1) is 22.3 Å². The van der Waals surface area contributed by atoms with E-state index in [0.717, 1.165) is 5.69 Å². The van der Waals surface area contributed by atoms with Crippen molar-refractivity contribution < 1.29 is 4.79 Å². The minimum absolute atomic E-state index is 0.271. The monoisotopic (exact) mass is 344 g/mol. The van der Waals surface area contributed by atoms with Gasteiger partial charge in [0.1, 0.15) is 12.2 Å². The standard InChI is InChI=1S/C16H17ClN6O/c1-3-22-15(18-10-20-22)11(2)21-16(24)13-9-12(5-6-14(13)17)23-8-4-7-19-23/h4-11H,3H2,1-2H3,(H,21,24)/t11-/m0/s1. The van der Waals surface area contributed by atoms with Gasteiger partial charge in [-0.25, -0.2) is 14.3 Å². The second-order valence-corrected chi connectivity index (χ2v) is 5.65. The second-order valence-electron chi connectivity index (χ2n) is 5.24. The highest BCUT2D eigenvalue weighted by molar-refractivity contribution is 6.33. The van der Waals surface area contributed by atoms with Gasteiger partial charge in [-0.15, -0.1) is 0 Å². The third-order valence-electron chi connectivity index (χ3n) is 3.64. The zero-order chi connectivity index (χ0) is 17.1.